The Morgan fingerprint density at radius 2 is 2.32 bits per heavy atom. The maximum absolute atomic E-state index is 9.16. The number of aliphatic hydroxyl groups is 1. The van der Waals surface area contributed by atoms with Crippen molar-refractivity contribution in [2.75, 3.05) is 33.4 Å². The molecule has 1 atom stereocenters. The van der Waals surface area contributed by atoms with E-state index in [0.717, 1.165) is 42.2 Å². The maximum Gasteiger partial charge on any atom is 0.128 e. The minimum atomic E-state index is -0.0820. The molecule has 2 heterocycles. The van der Waals surface area contributed by atoms with E-state index in [2.05, 4.69) is 9.88 Å². The van der Waals surface area contributed by atoms with E-state index in [9.17, 15) is 0 Å². The second-order valence-corrected chi connectivity index (χ2v) is 4.96. The van der Waals surface area contributed by atoms with Crippen LogP contribution < -0.4 is 4.74 Å². The van der Waals surface area contributed by atoms with Crippen LogP contribution in [0.3, 0.4) is 0 Å². The first-order valence-corrected chi connectivity index (χ1v) is 6.59. The van der Waals surface area contributed by atoms with Gasteiger partial charge >= 0.3 is 0 Å². The van der Waals surface area contributed by atoms with E-state index in [-0.39, 0.29) is 12.7 Å². The summed E-state index contributed by atoms with van der Waals surface area (Å²) in [5, 5.41) is 9.16. The highest BCUT2D eigenvalue weighted by Gasteiger charge is 2.21. The summed E-state index contributed by atoms with van der Waals surface area (Å²) in [4.78, 5) is 6.76. The average Bonchev–Trinajstić information content (AvgIpc) is 2.43. The van der Waals surface area contributed by atoms with Crippen molar-refractivity contribution in [2.24, 2.45) is 0 Å². The first-order valence-electron chi connectivity index (χ1n) is 6.59. The Labute approximate surface area is 114 Å². The number of rotatable bonds is 4. The van der Waals surface area contributed by atoms with Crippen LogP contribution in [0, 0.1) is 13.8 Å². The topological polar surface area (TPSA) is 54.8 Å². The molecule has 0 aliphatic carbocycles. The molecular weight excluding hydrogens is 244 g/mol. The second kappa shape index (κ2) is 6.32. The molecule has 1 saturated heterocycles. The van der Waals surface area contributed by atoms with Crippen LogP contribution in [0.4, 0.5) is 0 Å². The van der Waals surface area contributed by atoms with Gasteiger partial charge in [0.25, 0.3) is 0 Å². The van der Waals surface area contributed by atoms with Crippen molar-refractivity contribution in [3.05, 3.63) is 23.0 Å². The molecule has 1 aliphatic heterocycles. The number of pyridine rings is 1. The smallest absolute Gasteiger partial charge is 0.128 e. The number of hydrogen-bond donors (Lipinski definition) is 1. The molecule has 5 heteroatoms. The molecule has 0 spiro atoms. The third kappa shape index (κ3) is 3.23. The molecule has 19 heavy (non-hydrogen) atoms. The van der Waals surface area contributed by atoms with E-state index >= 15 is 0 Å². The van der Waals surface area contributed by atoms with Crippen LogP contribution in [0.1, 0.15) is 16.8 Å². The summed E-state index contributed by atoms with van der Waals surface area (Å²) >= 11 is 0. The second-order valence-electron chi connectivity index (χ2n) is 4.96. The maximum atomic E-state index is 9.16. The molecule has 0 radical (unpaired) electrons. The summed E-state index contributed by atoms with van der Waals surface area (Å²) in [7, 11) is 1.69. The van der Waals surface area contributed by atoms with Gasteiger partial charge in [-0.15, -0.1) is 0 Å². The SMILES string of the molecule is COc1c(C)cnc(CN2CCOC(CO)C2)c1C. The Morgan fingerprint density at radius 1 is 1.53 bits per heavy atom. The van der Waals surface area contributed by atoms with Gasteiger partial charge < -0.3 is 14.6 Å². The molecule has 1 aliphatic rings. The molecule has 0 saturated carbocycles. The molecule has 1 fully saturated rings. The molecule has 106 valence electrons. The standard InChI is InChI=1S/C14H22N2O3/c1-10-6-15-13(11(2)14(10)18-3)8-16-4-5-19-12(7-16)9-17/h6,12,17H,4-5,7-9H2,1-3H3. The third-order valence-corrected chi connectivity index (χ3v) is 3.55. The van der Waals surface area contributed by atoms with Crippen molar-refractivity contribution in [2.45, 2.75) is 26.5 Å². The monoisotopic (exact) mass is 266 g/mol. The Hall–Kier alpha value is -1.17. The Bertz CT molecular complexity index is 437. The van der Waals surface area contributed by atoms with Gasteiger partial charge in [-0.2, -0.15) is 0 Å². The fourth-order valence-electron chi connectivity index (χ4n) is 2.48. The van der Waals surface area contributed by atoms with E-state index in [1.807, 2.05) is 20.0 Å². The van der Waals surface area contributed by atoms with Crippen molar-refractivity contribution in [3.63, 3.8) is 0 Å². The lowest BCUT2D eigenvalue weighted by molar-refractivity contribution is -0.0554. The summed E-state index contributed by atoms with van der Waals surface area (Å²) in [6.45, 7) is 7.15. The Balaban J connectivity index is 2.10. The zero-order valence-corrected chi connectivity index (χ0v) is 11.8. The highest BCUT2D eigenvalue weighted by molar-refractivity contribution is 5.41. The van der Waals surface area contributed by atoms with Crippen LogP contribution in [-0.4, -0.2) is 54.5 Å². The van der Waals surface area contributed by atoms with E-state index in [4.69, 9.17) is 14.6 Å². The molecule has 1 aromatic rings. The van der Waals surface area contributed by atoms with Crippen LogP contribution in [0.15, 0.2) is 6.20 Å². The number of aryl methyl sites for hydroxylation is 1. The lowest BCUT2D eigenvalue weighted by atomic mass is 10.1. The largest absolute Gasteiger partial charge is 0.496 e. The number of ether oxygens (including phenoxy) is 2. The van der Waals surface area contributed by atoms with Crippen molar-refractivity contribution in [3.8, 4) is 5.75 Å². The molecule has 0 aromatic carbocycles. The quantitative estimate of drug-likeness (QED) is 0.877. The predicted octanol–water partition coefficient (Wildman–Crippen LogP) is 0.900. The van der Waals surface area contributed by atoms with Crippen molar-refractivity contribution >= 4 is 0 Å². The van der Waals surface area contributed by atoms with Gasteiger partial charge in [0, 0.05) is 37.0 Å². The zero-order valence-electron chi connectivity index (χ0n) is 11.8. The fraction of sp³-hybridized carbons (Fsp3) is 0.643. The molecule has 0 amide bonds. The van der Waals surface area contributed by atoms with E-state index in [1.54, 1.807) is 7.11 Å². The molecule has 5 nitrogen and oxygen atoms in total. The Morgan fingerprint density at radius 3 is 3.00 bits per heavy atom. The van der Waals surface area contributed by atoms with Gasteiger partial charge in [0.15, 0.2) is 0 Å². The minimum absolute atomic E-state index is 0.0696. The highest BCUT2D eigenvalue weighted by atomic mass is 16.5. The molecule has 2 rings (SSSR count). The zero-order chi connectivity index (χ0) is 13.8. The van der Waals surface area contributed by atoms with E-state index < -0.39 is 0 Å². The van der Waals surface area contributed by atoms with Crippen LogP contribution in [0.2, 0.25) is 0 Å². The number of aromatic nitrogens is 1. The molecular formula is C14H22N2O3. The summed E-state index contributed by atoms with van der Waals surface area (Å²) in [6.07, 6.45) is 1.77. The normalized spacial score (nSPS) is 20.5. The Kier molecular flexibility index (Phi) is 4.74. The van der Waals surface area contributed by atoms with E-state index in [0.29, 0.717) is 6.61 Å². The number of morpholine rings is 1. The molecule has 1 N–H and O–H groups in total. The molecule has 1 unspecified atom stereocenters. The van der Waals surface area contributed by atoms with Gasteiger partial charge in [-0.1, -0.05) is 0 Å². The lowest BCUT2D eigenvalue weighted by Crippen LogP contribution is -2.43. The van der Waals surface area contributed by atoms with Crippen LogP contribution >= 0.6 is 0 Å². The lowest BCUT2D eigenvalue weighted by Gasteiger charge is -2.32. The number of nitrogens with zero attached hydrogens (tertiary/aromatic N) is 2. The minimum Gasteiger partial charge on any atom is -0.496 e. The first kappa shape index (κ1) is 14.2. The van der Waals surface area contributed by atoms with Crippen LogP contribution in [0.5, 0.6) is 5.75 Å². The van der Waals surface area contributed by atoms with Crippen molar-refractivity contribution in [1.82, 2.24) is 9.88 Å². The molecule has 1 aromatic heterocycles. The summed E-state index contributed by atoms with van der Waals surface area (Å²) in [6, 6.07) is 0. The average molecular weight is 266 g/mol. The number of hydrogen-bond acceptors (Lipinski definition) is 5. The van der Waals surface area contributed by atoms with Gasteiger partial charge in [0.05, 0.1) is 32.1 Å². The summed E-state index contributed by atoms with van der Waals surface area (Å²) < 4.78 is 10.9. The van der Waals surface area contributed by atoms with Crippen molar-refractivity contribution < 1.29 is 14.6 Å². The van der Waals surface area contributed by atoms with Gasteiger partial charge in [0.1, 0.15) is 5.75 Å². The predicted molar refractivity (Wildman–Crippen MR) is 72.4 cm³/mol. The molecule has 0 bridgehead atoms. The van der Waals surface area contributed by atoms with Gasteiger partial charge in [-0.3, -0.25) is 9.88 Å². The van der Waals surface area contributed by atoms with Crippen LogP contribution in [0.25, 0.3) is 0 Å². The summed E-state index contributed by atoms with van der Waals surface area (Å²) in [5.41, 5.74) is 3.18. The van der Waals surface area contributed by atoms with Crippen molar-refractivity contribution in [1.29, 1.82) is 0 Å². The van der Waals surface area contributed by atoms with E-state index in [1.165, 1.54) is 0 Å². The van der Waals surface area contributed by atoms with Gasteiger partial charge in [-0.05, 0) is 13.8 Å². The number of aliphatic hydroxyl groups excluding tert-OH is 1. The highest BCUT2D eigenvalue weighted by Crippen LogP contribution is 2.25. The van der Waals surface area contributed by atoms with Gasteiger partial charge in [-0.25, -0.2) is 0 Å². The summed E-state index contributed by atoms with van der Waals surface area (Å²) in [5.74, 6) is 0.914. The first-order chi connectivity index (χ1) is 9.15. The third-order valence-electron chi connectivity index (χ3n) is 3.55. The van der Waals surface area contributed by atoms with Gasteiger partial charge in [0.2, 0.25) is 0 Å². The number of methoxy groups -OCH3 is 1. The van der Waals surface area contributed by atoms with Crippen LogP contribution in [-0.2, 0) is 11.3 Å². The fourth-order valence-corrected chi connectivity index (χ4v) is 2.48.